The normalized spacial score (nSPS) is 17.2. The van der Waals surface area contributed by atoms with E-state index < -0.39 is 17.7 Å². The van der Waals surface area contributed by atoms with Crippen LogP contribution in [0, 0.1) is 5.82 Å². The summed E-state index contributed by atoms with van der Waals surface area (Å²) in [6.45, 7) is 6.96. The standard InChI is InChI=1S/C31H31FN4O4/c1-20(2)35-18-23(27-26(11-14-33-28(27)35)21-3-7-24(32)8-4-21)17-34-15-12-31(13-16-34)19-36(30(39)40-31)25-9-5-22(6-10-25)29(37)38/h3-11,14,18,20H,12-13,15-17,19H2,1-2H3,(H,37,38). The summed E-state index contributed by atoms with van der Waals surface area (Å²) in [6.07, 6.45) is 5.00. The van der Waals surface area contributed by atoms with Crippen LogP contribution in [0.2, 0.25) is 0 Å². The third kappa shape index (κ3) is 4.70. The van der Waals surface area contributed by atoms with E-state index in [0.717, 1.165) is 47.4 Å². The summed E-state index contributed by atoms with van der Waals surface area (Å²) in [6, 6.07) is 15.1. The van der Waals surface area contributed by atoms with Crippen LogP contribution < -0.4 is 4.90 Å². The Bertz CT molecular complexity index is 1570. The summed E-state index contributed by atoms with van der Waals surface area (Å²) in [5.74, 6) is -1.27. The minimum absolute atomic E-state index is 0.177. The van der Waals surface area contributed by atoms with Crippen LogP contribution in [-0.4, -0.2) is 56.9 Å². The van der Waals surface area contributed by atoms with Crippen molar-refractivity contribution in [2.45, 2.75) is 44.9 Å². The Morgan fingerprint density at radius 3 is 2.42 bits per heavy atom. The Morgan fingerprint density at radius 2 is 1.77 bits per heavy atom. The monoisotopic (exact) mass is 542 g/mol. The second kappa shape index (κ2) is 10.1. The maximum absolute atomic E-state index is 13.7. The number of aromatic carboxylic acids is 1. The summed E-state index contributed by atoms with van der Waals surface area (Å²) in [5, 5.41) is 10.2. The van der Waals surface area contributed by atoms with Crippen LogP contribution in [0.5, 0.6) is 0 Å². The molecule has 2 aliphatic heterocycles. The molecule has 0 atom stereocenters. The Labute approximate surface area is 231 Å². The second-order valence-corrected chi connectivity index (χ2v) is 11.0. The minimum Gasteiger partial charge on any atom is -0.478 e. The zero-order chi connectivity index (χ0) is 28.0. The van der Waals surface area contributed by atoms with E-state index in [1.165, 1.54) is 24.3 Å². The third-order valence-electron chi connectivity index (χ3n) is 8.06. The number of piperidine rings is 1. The van der Waals surface area contributed by atoms with Gasteiger partial charge in [-0.1, -0.05) is 12.1 Å². The highest BCUT2D eigenvalue weighted by atomic mass is 19.1. The second-order valence-electron chi connectivity index (χ2n) is 11.0. The molecule has 1 spiro atoms. The molecule has 0 saturated carbocycles. The summed E-state index contributed by atoms with van der Waals surface area (Å²) in [4.78, 5) is 32.7. The molecular formula is C31H31FN4O4. The summed E-state index contributed by atoms with van der Waals surface area (Å²) < 4.78 is 21.8. The number of carbonyl (C=O) groups excluding carboxylic acids is 1. The lowest BCUT2D eigenvalue weighted by Crippen LogP contribution is -2.46. The number of nitrogens with zero attached hydrogens (tertiary/aromatic N) is 4. The highest BCUT2D eigenvalue weighted by molar-refractivity contribution is 5.96. The van der Waals surface area contributed by atoms with Gasteiger partial charge in [-0.05, 0) is 73.0 Å². The lowest BCUT2D eigenvalue weighted by molar-refractivity contribution is -0.000898. The van der Waals surface area contributed by atoms with Crippen LogP contribution in [0.25, 0.3) is 22.2 Å². The molecule has 206 valence electrons. The molecule has 9 heteroatoms. The van der Waals surface area contributed by atoms with Crippen molar-refractivity contribution in [2.75, 3.05) is 24.5 Å². The van der Waals surface area contributed by atoms with Gasteiger partial charge < -0.3 is 14.4 Å². The summed E-state index contributed by atoms with van der Waals surface area (Å²) in [5.41, 5.74) is 4.30. The van der Waals surface area contributed by atoms with Crippen LogP contribution in [0.1, 0.15) is 48.7 Å². The number of carboxylic acid groups (broad SMARTS) is 1. The molecule has 2 aromatic carbocycles. The van der Waals surface area contributed by atoms with E-state index in [2.05, 4.69) is 29.5 Å². The maximum Gasteiger partial charge on any atom is 0.415 e. The van der Waals surface area contributed by atoms with E-state index in [4.69, 9.17) is 14.8 Å². The first kappa shape index (κ1) is 26.0. The number of ether oxygens (including phenoxy) is 1. The van der Waals surface area contributed by atoms with Gasteiger partial charge in [0.25, 0.3) is 0 Å². The number of pyridine rings is 1. The number of aromatic nitrogens is 2. The van der Waals surface area contributed by atoms with Crippen molar-refractivity contribution in [3.8, 4) is 11.1 Å². The number of amides is 1. The molecule has 4 aromatic rings. The molecule has 40 heavy (non-hydrogen) atoms. The van der Waals surface area contributed by atoms with E-state index in [9.17, 15) is 14.0 Å². The number of halogens is 1. The smallest absolute Gasteiger partial charge is 0.415 e. The molecule has 1 amide bonds. The van der Waals surface area contributed by atoms with Gasteiger partial charge in [0.05, 0.1) is 12.1 Å². The number of anilines is 1. The zero-order valence-corrected chi connectivity index (χ0v) is 22.5. The number of carbonyl (C=O) groups is 2. The van der Waals surface area contributed by atoms with Crippen molar-refractivity contribution in [1.29, 1.82) is 0 Å². The molecule has 0 aliphatic carbocycles. The van der Waals surface area contributed by atoms with Crippen molar-refractivity contribution in [2.24, 2.45) is 0 Å². The van der Waals surface area contributed by atoms with Gasteiger partial charge in [-0.15, -0.1) is 0 Å². The molecule has 4 heterocycles. The Kier molecular flexibility index (Phi) is 6.54. The highest BCUT2D eigenvalue weighted by Crippen LogP contribution is 2.38. The van der Waals surface area contributed by atoms with Crippen molar-refractivity contribution < 1.29 is 23.8 Å². The molecular weight excluding hydrogens is 511 g/mol. The first-order valence-electron chi connectivity index (χ1n) is 13.5. The molecule has 0 unspecified atom stereocenters. The predicted octanol–water partition coefficient (Wildman–Crippen LogP) is 6.11. The number of fused-ring (bicyclic) bond motifs is 1. The van der Waals surface area contributed by atoms with Gasteiger partial charge in [-0.25, -0.2) is 19.0 Å². The fraction of sp³-hybridized carbons (Fsp3) is 0.323. The quantitative estimate of drug-likeness (QED) is 0.316. The lowest BCUT2D eigenvalue weighted by atomic mass is 9.91. The van der Waals surface area contributed by atoms with E-state index in [1.807, 2.05) is 12.3 Å². The molecule has 6 rings (SSSR count). The number of rotatable bonds is 6. The third-order valence-corrected chi connectivity index (χ3v) is 8.06. The van der Waals surface area contributed by atoms with Crippen molar-refractivity contribution in [3.63, 3.8) is 0 Å². The number of likely N-dealkylation sites (tertiary alicyclic amines) is 1. The lowest BCUT2D eigenvalue weighted by Gasteiger charge is -2.37. The van der Waals surface area contributed by atoms with Gasteiger partial charge in [0.1, 0.15) is 17.1 Å². The molecule has 0 bridgehead atoms. The van der Waals surface area contributed by atoms with Crippen LogP contribution in [0.3, 0.4) is 0 Å². The number of carboxylic acids is 1. The van der Waals surface area contributed by atoms with Gasteiger partial charge in [0.15, 0.2) is 0 Å². The van der Waals surface area contributed by atoms with Gasteiger partial charge in [0.2, 0.25) is 0 Å². The summed E-state index contributed by atoms with van der Waals surface area (Å²) in [7, 11) is 0. The van der Waals surface area contributed by atoms with E-state index >= 15 is 0 Å². The average Bonchev–Trinajstić information content (AvgIpc) is 3.48. The number of benzene rings is 2. The number of hydrogen-bond acceptors (Lipinski definition) is 5. The topological polar surface area (TPSA) is 87.9 Å². The van der Waals surface area contributed by atoms with Gasteiger partial charge >= 0.3 is 12.1 Å². The van der Waals surface area contributed by atoms with Crippen molar-refractivity contribution in [3.05, 3.63) is 83.9 Å². The van der Waals surface area contributed by atoms with Gasteiger partial charge in [-0.2, -0.15) is 0 Å². The van der Waals surface area contributed by atoms with Crippen LogP contribution in [0.4, 0.5) is 14.9 Å². The zero-order valence-electron chi connectivity index (χ0n) is 22.5. The number of hydrogen-bond donors (Lipinski definition) is 1. The van der Waals surface area contributed by atoms with Crippen LogP contribution in [-0.2, 0) is 11.3 Å². The first-order chi connectivity index (χ1) is 19.2. The Morgan fingerprint density at radius 1 is 1.07 bits per heavy atom. The van der Waals surface area contributed by atoms with Crippen molar-refractivity contribution in [1.82, 2.24) is 14.5 Å². The maximum atomic E-state index is 13.7. The van der Waals surface area contributed by atoms with Crippen LogP contribution in [0.15, 0.2) is 67.0 Å². The molecule has 2 aliphatic rings. The molecule has 1 N–H and O–H groups in total. The van der Waals surface area contributed by atoms with Crippen molar-refractivity contribution >= 4 is 28.8 Å². The Balaban J connectivity index is 1.21. The van der Waals surface area contributed by atoms with E-state index in [0.29, 0.717) is 25.1 Å². The summed E-state index contributed by atoms with van der Waals surface area (Å²) >= 11 is 0. The van der Waals surface area contributed by atoms with E-state index in [1.54, 1.807) is 29.2 Å². The molecule has 2 saturated heterocycles. The SMILES string of the molecule is CC(C)n1cc(CN2CCC3(CC2)CN(c2ccc(C(=O)O)cc2)C(=O)O3)c2c(-c3ccc(F)cc3)ccnc21. The predicted molar refractivity (Wildman–Crippen MR) is 150 cm³/mol. The van der Waals surface area contributed by atoms with Gasteiger partial charge in [0, 0.05) is 62.0 Å². The molecule has 8 nitrogen and oxygen atoms in total. The average molecular weight is 543 g/mol. The largest absolute Gasteiger partial charge is 0.478 e. The fourth-order valence-electron chi connectivity index (χ4n) is 5.87. The minimum atomic E-state index is -1.00. The molecule has 0 radical (unpaired) electrons. The van der Waals surface area contributed by atoms with E-state index in [-0.39, 0.29) is 17.4 Å². The Hall–Kier alpha value is -4.24. The highest BCUT2D eigenvalue weighted by Gasteiger charge is 2.47. The molecule has 2 fully saturated rings. The van der Waals surface area contributed by atoms with Gasteiger partial charge in [-0.3, -0.25) is 9.80 Å². The molecule has 2 aromatic heterocycles. The van der Waals surface area contributed by atoms with Crippen LogP contribution >= 0.6 is 0 Å². The first-order valence-corrected chi connectivity index (χ1v) is 13.5. The fourth-order valence-corrected chi connectivity index (χ4v) is 5.87.